The molecule has 0 amide bonds. The second-order valence-electron chi connectivity index (χ2n) is 3.90. The van der Waals surface area contributed by atoms with Crippen LogP contribution in [0.25, 0.3) is 0 Å². The summed E-state index contributed by atoms with van der Waals surface area (Å²) in [4.78, 5) is 10.5. The van der Waals surface area contributed by atoms with Gasteiger partial charge in [0.2, 0.25) is 0 Å². The van der Waals surface area contributed by atoms with Gasteiger partial charge in [0.1, 0.15) is 5.76 Å². The molecular weight excluding hydrogens is 232 g/mol. The average molecular weight is 246 g/mol. The minimum absolute atomic E-state index is 0.399. The van der Waals surface area contributed by atoms with Gasteiger partial charge in [0.15, 0.2) is 12.0 Å². The van der Waals surface area contributed by atoms with E-state index in [-0.39, 0.29) is 0 Å². The number of benzene rings is 1. The molecule has 1 aromatic heterocycles. The molecule has 2 nitrogen and oxygen atoms in total. The van der Waals surface area contributed by atoms with Crippen molar-refractivity contribution in [2.75, 3.05) is 0 Å². The fourth-order valence-electron chi connectivity index (χ4n) is 1.61. The summed E-state index contributed by atoms with van der Waals surface area (Å²) in [5.74, 6) is 3.00. The van der Waals surface area contributed by atoms with Gasteiger partial charge < -0.3 is 4.42 Å². The number of thioether (sulfide) groups is 1. The van der Waals surface area contributed by atoms with Crippen LogP contribution in [0, 0.1) is 6.92 Å². The lowest BCUT2D eigenvalue weighted by molar-refractivity contribution is 0.109. The Morgan fingerprint density at radius 1 is 1.24 bits per heavy atom. The predicted molar refractivity (Wildman–Crippen MR) is 70.3 cm³/mol. The molecule has 3 heteroatoms. The third-order valence-electron chi connectivity index (χ3n) is 2.39. The summed E-state index contributed by atoms with van der Waals surface area (Å²) < 4.78 is 5.31. The first-order valence-corrected chi connectivity index (χ1v) is 6.60. The van der Waals surface area contributed by atoms with Crippen LogP contribution >= 0.6 is 11.8 Å². The van der Waals surface area contributed by atoms with E-state index in [1.807, 2.05) is 6.07 Å². The van der Waals surface area contributed by atoms with E-state index in [0.717, 1.165) is 23.6 Å². The van der Waals surface area contributed by atoms with Crippen molar-refractivity contribution in [1.29, 1.82) is 0 Å². The van der Waals surface area contributed by atoms with E-state index in [1.165, 1.54) is 11.1 Å². The van der Waals surface area contributed by atoms with E-state index >= 15 is 0 Å². The van der Waals surface area contributed by atoms with Crippen molar-refractivity contribution < 1.29 is 9.21 Å². The van der Waals surface area contributed by atoms with Crippen LogP contribution in [0.2, 0.25) is 0 Å². The van der Waals surface area contributed by atoms with Crippen molar-refractivity contribution in [3.63, 3.8) is 0 Å². The highest BCUT2D eigenvalue weighted by Gasteiger charge is 2.01. The second-order valence-corrected chi connectivity index (χ2v) is 4.89. The topological polar surface area (TPSA) is 30.2 Å². The van der Waals surface area contributed by atoms with Gasteiger partial charge in [-0.1, -0.05) is 29.8 Å². The fraction of sp³-hybridized carbons (Fsp3) is 0.214. The molecule has 1 aromatic carbocycles. The van der Waals surface area contributed by atoms with Crippen LogP contribution in [0.4, 0.5) is 0 Å². The van der Waals surface area contributed by atoms with Crippen molar-refractivity contribution in [2.45, 2.75) is 18.4 Å². The molecule has 0 saturated carbocycles. The van der Waals surface area contributed by atoms with Crippen LogP contribution in [0.15, 0.2) is 40.8 Å². The summed E-state index contributed by atoms with van der Waals surface area (Å²) >= 11 is 1.78. The van der Waals surface area contributed by atoms with E-state index in [4.69, 9.17) is 4.42 Å². The Hall–Kier alpha value is -1.48. The van der Waals surface area contributed by atoms with Gasteiger partial charge in [-0.15, -0.1) is 11.8 Å². The van der Waals surface area contributed by atoms with Gasteiger partial charge in [-0.3, -0.25) is 4.79 Å². The first kappa shape index (κ1) is 12.0. The molecule has 1 heterocycles. The normalized spacial score (nSPS) is 10.4. The Morgan fingerprint density at radius 2 is 2.12 bits per heavy atom. The Balaban J connectivity index is 1.85. The quantitative estimate of drug-likeness (QED) is 0.751. The predicted octanol–water partition coefficient (Wildman–Crippen LogP) is 3.83. The maximum absolute atomic E-state index is 10.5. The zero-order valence-electron chi connectivity index (χ0n) is 9.68. The highest BCUT2D eigenvalue weighted by Crippen LogP contribution is 2.19. The summed E-state index contributed by atoms with van der Waals surface area (Å²) in [5, 5.41) is 0. The zero-order chi connectivity index (χ0) is 12.1. The lowest BCUT2D eigenvalue weighted by atomic mass is 10.2. The minimum Gasteiger partial charge on any atom is -0.457 e. The molecule has 88 valence electrons. The summed E-state index contributed by atoms with van der Waals surface area (Å²) in [6.45, 7) is 2.09. The summed E-state index contributed by atoms with van der Waals surface area (Å²) in [6, 6.07) is 12.0. The Kier molecular flexibility index (Phi) is 4.04. The standard InChI is InChI=1S/C14H14O2S/c1-11-3-2-4-12(7-11)9-17-10-14-6-5-13(8-15)16-14/h2-8H,9-10H2,1H3. The first-order valence-electron chi connectivity index (χ1n) is 5.45. The average Bonchev–Trinajstić information content (AvgIpc) is 2.77. The maximum Gasteiger partial charge on any atom is 0.185 e. The van der Waals surface area contributed by atoms with Crippen LogP contribution in [0.1, 0.15) is 27.4 Å². The minimum atomic E-state index is 0.399. The SMILES string of the molecule is Cc1cccc(CSCc2ccc(C=O)o2)c1. The third-order valence-corrected chi connectivity index (χ3v) is 3.42. The molecule has 0 fully saturated rings. The molecule has 0 atom stereocenters. The van der Waals surface area contributed by atoms with Gasteiger partial charge in [-0.2, -0.15) is 0 Å². The Morgan fingerprint density at radius 3 is 2.82 bits per heavy atom. The summed E-state index contributed by atoms with van der Waals surface area (Å²) in [7, 11) is 0. The van der Waals surface area contributed by atoms with Crippen molar-refractivity contribution in [3.8, 4) is 0 Å². The molecule has 0 unspecified atom stereocenters. The number of furan rings is 1. The highest BCUT2D eigenvalue weighted by molar-refractivity contribution is 7.97. The van der Waals surface area contributed by atoms with E-state index in [0.29, 0.717) is 5.76 Å². The zero-order valence-corrected chi connectivity index (χ0v) is 10.5. The van der Waals surface area contributed by atoms with E-state index in [2.05, 4.69) is 31.2 Å². The number of aryl methyl sites for hydroxylation is 1. The van der Waals surface area contributed by atoms with Gasteiger partial charge in [0.05, 0.1) is 5.75 Å². The van der Waals surface area contributed by atoms with Crippen molar-refractivity contribution in [1.82, 2.24) is 0 Å². The van der Waals surface area contributed by atoms with Crippen molar-refractivity contribution in [2.24, 2.45) is 0 Å². The first-order chi connectivity index (χ1) is 8.28. The molecule has 0 radical (unpaired) electrons. The Bertz CT molecular complexity index is 502. The monoisotopic (exact) mass is 246 g/mol. The second kappa shape index (κ2) is 5.73. The number of carbonyl (C=O) groups excluding carboxylic acids is 1. The van der Waals surface area contributed by atoms with Gasteiger partial charge in [-0.05, 0) is 24.6 Å². The van der Waals surface area contributed by atoms with Crippen LogP contribution in [-0.2, 0) is 11.5 Å². The summed E-state index contributed by atoms with van der Waals surface area (Å²) in [6.07, 6.45) is 0.731. The molecule has 17 heavy (non-hydrogen) atoms. The lowest BCUT2D eigenvalue weighted by Crippen LogP contribution is -1.83. The molecule has 0 aliphatic heterocycles. The molecule has 0 saturated heterocycles. The van der Waals surface area contributed by atoms with Crippen LogP contribution < -0.4 is 0 Å². The van der Waals surface area contributed by atoms with Gasteiger partial charge in [-0.25, -0.2) is 0 Å². The summed E-state index contributed by atoms with van der Waals surface area (Å²) in [5.41, 5.74) is 2.60. The van der Waals surface area contributed by atoms with Crippen molar-refractivity contribution >= 4 is 18.0 Å². The van der Waals surface area contributed by atoms with E-state index < -0.39 is 0 Å². The number of carbonyl (C=O) groups is 1. The molecular formula is C14H14O2S. The molecule has 0 spiro atoms. The molecule has 0 bridgehead atoms. The molecule has 0 N–H and O–H groups in total. The number of hydrogen-bond donors (Lipinski definition) is 0. The lowest BCUT2D eigenvalue weighted by Gasteiger charge is -2.01. The van der Waals surface area contributed by atoms with E-state index in [9.17, 15) is 4.79 Å². The molecule has 0 aliphatic carbocycles. The fourth-order valence-corrected chi connectivity index (χ4v) is 2.48. The smallest absolute Gasteiger partial charge is 0.185 e. The Labute approximate surface area is 105 Å². The maximum atomic E-state index is 10.5. The highest BCUT2D eigenvalue weighted by atomic mass is 32.2. The van der Waals surface area contributed by atoms with E-state index in [1.54, 1.807) is 17.8 Å². The van der Waals surface area contributed by atoms with Crippen LogP contribution in [0.5, 0.6) is 0 Å². The van der Waals surface area contributed by atoms with Gasteiger partial charge in [0.25, 0.3) is 0 Å². The molecule has 2 rings (SSSR count). The number of rotatable bonds is 5. The molecule has 2 aromatic rings. The number of aldehydes is 1. The van der Waals surface area contributed by atoms with Crippen molar-refractivity contribution in [3.05, 3.63) is 59.0 Å². The third kappa shape index (κ3) is 3.49. The van der Waals surface area contributed by atoms with Gasteiger partial charge in [0, 0.05) is 5.75 Å². The molecule has 0 aliphatic rings. The van der Waals surface area contributed by atoms with Crippen LogP contribution in [0.3, 0.4) is 0 Å². The van der Waals surface area contributed by atoms with Gasteiger partial charge >= 0.3 is 0 Å². The largest absolute Gasteiger partial charge is 0.457 e. The number of hydrogen-bond acceptors (Lipinski definition) is 3. The van der Waals surface area contributed by atoms with Crippen LogP contribution in [-0.4, -0.2) is 6.29 Å².